The standard InChI is InChI=1S/C15H18N2/c1-12-6-5-7-14(10-12)13(2)17-11-15-8-3-4-9-16-15/h3-10,13,17H,11H2,1-2H3/t13-/m1/s1. The topological polar surface area (TPSA) is 24.9 Å². The molecule has 1 heterocycles. The molecule has 0 radical (unpaired) electrons. The first kappa shape index (κ1) is 11.8. The van der Waals surface area contributed by atoms with Gasteiger partial charge >= 0.3 is 0 Å². The predicted molar refractivity (Wildman–Crippen MR) is 70.7 cm³/mol. The van der Waals surface area contributed by atoms with Crippen LogP contribution in [0.15, 0.2) is 48.7 Å². The molecular weight excluding hydrogens is 208 g/mol. The van der Waals surface area contributed by atoms with Gasteiger partial charge in [-0.25, -0.2) is 0 Å². The lowest BCUT2D eigenvalue weighted by molar-refractivity contribution is 0.567. The van der Waals surface area contributed by atoms with E-state index in [2.05, 4.69) is 48.4 Å². The van der Waals surface area contributed by atoms with Gasteiger partial charge in [0.2, 0.25) is 0 Å². The maximum atomic E-state index is 4.30. The van der Waals surface area contributed by atoms with Crippen LogP contribution in [0, 0.1) is 6.92 Å². The van der Waals surface area contributed by atoms with Crippen LogP contribution in [0.2, 0.25) is 0 Å². The molecule has 0 aliphatic carbocycles. The minimum absolute atomic E-state index is 0.344. The number of benzene rings is 1. The summed E-state index contributed by atoms with van der Waals surface area (Å²) >= 11 is 0. The fourth-order valence-electron chi connectivity index (χ4n) is 1.82. The predicted octanol–water partition coefficient (Wildman–Crippen LogP) is 3.24. The first-order valence-corrected chi connectivity index (χ1v) is 5.95. The van der Waals surface area contributed by atoms with E-state index in [0.29, 0.717) is 6.04 Å². The third-order valence-electron chi connectivity index (χ3n) is 2.86. The van der Waals surface area contributed by atoms with Crippen LogP contribution in [0.5, 0.6) is 0 Å². The second kappa shape index (κ2) is 5.60. The van der Waals surface area contributed by atoms with Gasteiger partial charge in [-0.3, -0.25) is 4.98 Å². The van der Waals surface area contributed by atoms with Crippen LogP contribution < -0.4 is 5.32 Å². The number of rotatable bonds is 4. The first-order chi connectivity index (χ1) is 8.25. The van der Waals surface area contributed by atoms with Crippen molar-refractivity contribution in [2.75, 3.05) is 0 Å². The zero-order valence-electron chi connectivity index (χ0n) is 10.4. The SMILES string of the molecule is Cc1cccc([C@@H](C)NCc2ccccn2)c1. The highest BCUT2D eigenvalue weighted by Crippen LogP contribution is 2.14. The van der Waals surface area contributed by atoms with Crippen molar-refractivity contribution in [1.82, 2.24) is 10.3 Å². The molecule has 2 heteroatoms. The molecule has 0 aliphatic rings. The summed E-state index contributed by atoms with van der Waals surface area (Å²) < 4.78 is 0. The highest BCUT2D eigenvalue weighted by atomic mass is 14.9. The number of hydrogen-bond donors (Lipinski definition) is 1. The zero-order valence-corrected chi connectivity index (χ0v) is 10.4. The fourth-order valence-corrected chi connectivity index (χ4v) is 1.82. The summed E-state index contributed by atoms with van der Waals surface area (Å²) in [6, 6.07) is 14.9. The van der Waals surface area contributed by atoms with Crippen molar-refractivity contribution >= 4 is 0 Å². The van der Waals surface area contributed by atoms with E-state index in [-0.39, 0.29) is 0 Å². The van der Waals surface area contributed by atoms with Gasteiger partial charge < -0.3 is 5.32 Å². The first-order valence-electron chi connectivity index (χ1n) is 5.95. The highest BCUT2D eigenvalue weighted by molar-refractivity contribution is 5.24. The molecule has 1 atom stereocenters. The molecule has 1 aromatic heterocycles. The maximum absolute atomic E-state index is 4.30. The summed E-state index contributed by atoms with van der Waals surface area (Å²) in [5.74, 6) is 0. The molecule has 0 aliphatic heterocycles. The smallest absolute Gasteiger partial charge is 0.0541 e. The monoisotopic (exact) mass is 226 g/mol. The van der Waals surface area contributed by atoms with Crippen molar-refractivity contribution in [1.29, 1.82) is 0 Å². The number of hydrogen-bond acceptors (Lipinski definition) is 2. The van der Waals surface area contributed by atoms with Crippen LogP contribution in [-0.4, -0.2) is 4.98 Å². The Balaban J connectivity index is 1.96. The molecule has 0 saturated carbocycles. The Hall–Kier alpha value is -1.67. The van der Waals surface area contributed by atoms with Crippen LogP contribution in [0.25, 0.3) is 0 Å². The lowest BCUT2D eigenvalue weighted by atomic mass is 10.1. The van der Waals surface area contributed by atoms with Crippen molar-refractivity contribution in [2.24, 2.45) is 0 Å². The Kier molecular flexibility index (Phi) is 3.89. The molecule has 0 amide bonds. The molecule has 2 nitrogen and oxygen atoms in total. The van der Waals surface area contributed by atoms with E-state index in [4.69, 9.17) is 0 Å². The second-order valence-corrected chi connectivity index (χ2v) is 4.34. The Morgan fingerprint density at radius 2 is 2.06 bits per heavy atom. The molecule has 88 valence electrons. The Morgan fingerprint density at radius 1 is 1.18 bits per heavy atom. The molecule has 1 N–H and O–H groups in total. The van der Waals surface area contributed by atoms with Crippen LogP contribution in [0.3, 0.4) is 0 Å². The summed E-state index contributed by atoms with van der Waals surface area (Å²) in [4.78, 5) is 4.30. The van der Waals surface area contributed by atoms with E-state index in [1.54, 1.807) is 0 Å². The van der Waals surface area contributed by atoms with Crippen LogP contribution >= 0.6 is 0 Å². The molecule has 2 aromatic rings. The fraction of sp³-hybridized carbons (Fsp3) is 0.267. The van der Waals surface area contributed by atoms with Gasteiger partial charge in [0.25, 0.3) is 0 Å². The van der Waals surface area contributed by atoms with Gasteiger partial charge in [-0.05, 0) is 31.5 Å². The van der Waals surface area contributed by atoms with Crippen LogP contribution in [0.1, 0.15) is 29.8 Å². The van der Waals surface area contributed by atoms with Gasteiger partial charge in [-0.1, -0.05) is 35.9 Å². The summed E-state index contributed by atoms with van der Waals surface area (Å²) in [5.41, 5.74) is 3.70. The van der Waals surface area contributed by atoms with E-state index >= 15 is 0 Å². The third-order valence-corrected chi connectivity index (χ3v) is 2.86. The van der Waals surface area contributed by atoms with Gasteiger partial charge in [0.1, 0.15) is 0 Å². The van der Waals surface area contributed by atoms with Gasteiger partial charge in [0, 0.05) is 18.8 Å². The van der Waals surface area contributed by atoms with Gasteiger partial charge in [0.05, 0.1) is 5.69 Å². The van der Waals surface area contributed by atoms with E-state index in [9.17, 15) is 0 Å². The molecule has 0 bridgehead atoms. The van der Waals surface area contributed by atoms with Crippen molar-refractivity contribution in [3.63, 3.8) is 0 Å². The molecule has 0 spiro atoms. The Labute approximate surface area is 103 Å². The van der Waals surface area contributed by atoms with E-state index in [1.807, 2.05) is 24.4 Å². The zero-order chi connectivity index (χ0) is 12.1. The van der Waals surface area contributed by atoms with Crippen molar-refractivity contribution in [3.8, 4) is 0 Å². The quantitative estimate of drug-likeness (QED) is 0.865. The van der Waals surface area contributed by atoms with Crippen molar-refractivity contribution < 1.29 is 0 Å². The highest BCUT2D eigenvalue weighted by Gasteiger charge is 2.04. The summed E-state index contributed by atoms with van der Waals surface area (Å²) in [6.45, 7) is 5.10. The normalized spacial score (nSPS) is 12.4. The number of nitrogens with zero attached hydrogens (tertiary/aromatic N) is 1. The number of aryl methyl sites for hydroxylation is 1. The Morgan fingerprint density at radius 3 is 2.76 bits per heavy atom. The largest absolute Gasteiger partial charge is 0.305 e. The lowest BCUT2D eigenvalue weighted by Gasteiger charge is -2.14. The van der Waals surface area contributed by atoms with Crippen LogP contribution in [0.4, 0.5) is 0 Å². The molecule has 0 unspecified atom stereocenters. The van der Waals surface area contributed by atoms with Crippen molar-refractivity contribution in [2.45, 2.75) is 26.4 Å². The summed E-state index contributed by atoms with van der Waals surface area (Å²) in [5, 5.41) is 3.48. The number of nitrogens with one attached hydrogen (secondary N) is 1. The van der Waals surface area contributed by atoms with E-state index in [1.165, 1.54) is 11.1 Å². The second-order valence-electron chi connectivity index (χ2n) is 4.34. The van der Waals surface area contributed by atoms with Gasteiger partial charge in [-0.15, -0.1) is 0 Å². The Bertz CT molecular complexity index is 465. The maximum Gasteiger partial charge on any atom is 0.0541 e. The van der Waals surface area contributed by atoms with Crippen molar-refractivity contribution in [3.05, 3.63) is 65.5 Å². The molecule has 0 saturated heterocycles. The molecule has 2 rings (SSSR count). The van der Waals surface area contributed by atoms with Gasteiger partial charge in [-0.2, -0.15) is 0 Å². The van der Waals surface area contributed by atoms with E-state index in [0.717, 1.165) is 12.2 Å². The minimum Gasteiger partial charge on any atom is -0.305 e. The summed E-state index contributed by atoms with van der Waals surface area (Å²) in [7, 11) is 0. The average Bonchev–Trinajstić information content (AvgIpc) is 2.37. The average molecular weight is 226 g/mol. The number of pyridine rings is 1. The summed E-state index contributed by atoms with van der Waals surface area (Å²) in [6.07, 6.45) is 1.83. The molecule has 1 aromatic carbocycles. The number of aromatic nitrogens is 1. The molecule has 0 fully saturated rings. The lowest BCUT2D eigenvalue weighted by Crippen LogP contribution is -2.18. The molecular formula is C15H18N2. The van der Waals surface area contributed by atoms with E-state index < -0.39 is 0 Å². The van der Waals surface area contributed by atoms with Gasteiger partial charge in [0.15, 0.2) is 0 Å². The minimum atomic E-state index is 0.344. The third kappa shape index (κ3) is 3.40. The molecule has 17 heavy (non-hydrogen) atoms. The van der Waals surface area contributed by atoms with Crippen LogP contribution in [-0.2, 0) is 6.54 Å².